The summed E-state index contributed by atoms with van der Waals surface area (Å²) in [6, 6.07) is 18.6. The number of aliphatic hydroxyl groups is 1. The van der Waals surface area contributed by atoms with E-state index in [4.69, 9.17) is 9.15 Å². The van der Waals surface area contributed by atoms with Crippen molar-refractivity contribution in [3.05, 3.63) is 88.9 Å². The second kappa shape index (κ2) is 10.2. The summed E-state index contributed by atoms with van der Waals surface area (Å²) in [7, 11) is 0. The van der Waals surface area contributed by atoms with Crippen molar-refractivity contribution in [3.63, 3.8) is 0 Å². The summed E-state index contributed by atoms with van der Waals surface area (Å²) >= 11 is 0. The molecule has 1 heterocycles. The van der Waals surface area contributed by atoms with Gasteiger partial charge in [-0.05, 0) is 65.8 Å². The third-order valence-corrected chi connectivity index (χ3v) is 5.58. The number of furan rings is 1. The molecule has 0 fully saturated rings. The molecular formula is C27H35NO3. The van der Waals surface area contributed by atoms with E-state index in [0.717, 1.165) is 18.1 Å². The second-order valence-corrected chi connectivity index (χ2v) is 9.41. The Morgan fingerprint density at radius 3 is 2.32 bits per heavy atom. The number of aryl methyl sites for hydroxylation is 2. The van der Waals surface area contributed by atoms with Crippen LogP contribution < -0.4 is 4.74 Å². The van der Waals surface area contributed by atoms with Crippen molar-refractivity contribution < 1.29 is 14.3 Å². The molecule has 1 atom stereocenters. The van der Waals surface area contributed by atoms with E-state index in [1.807, 2.05) is 30.3 Å². The quantitative estimate of drug-likeness (QED) is 0.486. The Morgan fingerprint density at radius 2 is 1.71 bits per heavy atom. The number of hydrogen-bond acceptors (Lipinski definition) is 4. The third-order valence-electron chi connectivity index (χ3n) is 5.58. The molecule has 0 spiro atoms. The summed E-state index contributed by atoms with van der Waals surface area (Å²) in [6.45, 7) is 12.9. The summed E-state index contributed by atoms with van der Waals surface area (Å²) in [5.41, 5.74) is 5.08. The van der Waals surface area contributed by atoms with Gasteiger partial charge in [0, 0.05) is 13.1 Å². The van der Waals surface area contributed by atoms with Crippen LogP contribution in [0.4, 0.5) is 0 Å². The molecular weight excluding hydrogens is 386 g/mol. The maximum Gasteiger partial charge on any atom is 0.119 e. The van der Waals surface area contributed by atoms with Crippen LogP contribution in [0, 0.1) is 13.8 Å². The molecule has 4 heteroatoms. The van der Waals surface area contributed by atoms with Gasteiger partial charge >= 0.3 is 0 Å². The highest BCUT2D eigenvalue weighted by Crippen LogP contribution is 2.23. The van der Waals surface area contributed by atoms with E-state index in [0.29, 0.717) is 13.1 Å². The Bertz CT molecular complexity index is 940. The Morgan fingerprint density at radius 1 is 0.968 bits per heavy atom. The Labute approximate surface area is 186 Å². The van der Waals surface area contributed by atoms with Crippen molar-refractivity contribution in [1.82, 2.24) is 4.90 Å². The molecule has 0 radical (unpaired) electrons. The van der Waals surface area contributed by atoms with Gasteiger partial charge in [-0.1, -0.05) is 51.1 Å². The lowest BCUT2D eigenvalue weighted by Crippen LogP contribution is -2.35. The number of hydrogen-bond donors (Lipinski definition) is 1. The molecule has 0 amide bonds. The Hall–Kier alpha value is -2.56. The average molecular weight is 422 g/mol. The SMILES string of the molecule is Cc1ccc(OCC(O)CN(Cc2ccc(C(C)(C)C)cc2)Cc2ccco2)cc1C. The predicted molar refractivity (Wildman–Crippen MR) is 125 cm³/mol. The van der Waals surface area contributed by atoms with E-state index < -0.39 is 6.10 Å². The van der Waals surface area contributed by atoms with E-state index in [1.165, 1.54) is 22.3 Å². The molecule has 0 aliphatic heterocycles. The maximum absolute atomic E-state index is 10.7. The summed E-state index contributed by atoms with van der Waals surface area (Å²) in [5, 5.41) is 10.7. The van der Waals surface area contributed by atoms with Crippen LogP contribution in [0.1, 0.15) is 48.8 Å². The summed E-state index contributed by atoms with van der Waals surface area (Å²) in [6.07, 6.45) is 1.08. The number of benzene rings is 2. The van der Waals surface area contributed by atoms with Crippen molar-refractivity contribution in [2.45, 2.75) is 59.2 Å². The van der Waals surface area contributed by atoms with Gasteiger partial charge in [-0.25, -0.2) is 0 Å². The molecule has 0 aliphatic carbocycles. The van der Waals surface area contributed by atoms with E-state index in [2.05, 4.69) is 63.8 Å². The Balaban J connectivity index is 1.63. The summed E-state index contributed by atoms with van der Waals surface area (Å²) in [4.78, 5) is 2.19. The minimum absolute atomic E-state index is 0.133. The highest BCUT2D eigenvalue weighted by molar-refractivity contribution is 5.33. The van der Waals surface area contributed by atoms with E-state index in [1.54, 1.807) is 6.26 Å². The highest BCUT2D eigenvalue weighted by atomic mass is 16.5. The molecule has 1 aromatic heterocycles. The fourth-order valence-electron chi connectivity index (χ4n) is 3.52. The summed E-state index contributed by atoms with van der Waals surface area (Å²) in [5.74, 6) is 1.67. The van der Waals surface area contributed by atoms with Gasteiger partial charge in [0.1, 0.15) is 24.2 Å². The third kappa shape index (κ3) is 6.98. The molecule has 0 aliphatic rings. The first-order chi connectivity index (χ1) is 14.7. The van der Waals surface area contributed by atoms with Crippen molar-refractivity contribution in [2.75, 3.05) is 13.2 Å². The molecule has 31 heavy (non-hydrogen) atoms. The van der Waals surface area contributed by atoms with Crippen LogP contribution in [0.15, 0.2) is 65.3 Å². The number of aliphatic hydroxyl groups excluding tert-OH is 1. The van der Waals surface area contributed by atoms with Crippen molar-refractivity contribution in [3.8, 4) is 5.75 Å². The molecule has 166 valence electrons. The zero-order valence-corrected chi connectivity index (χ0v) is 19.4. The fourth-order valence-corrected chi connectivity index (χ4v) is 3.52. The fraction of sp³-hybridized carbons (Fsp3) is 0.407. The lowest BCUT2D eigenvalue weighted by molar-refractivity contribution is 0.0604. The van der Waals surface area contributed by atoms with Crippen molar-refractivity contribution >= 4 is 0 Å². The summed E-state index contributed by atoms with van der Waals surface area (Å²) < 4.78 is 11.4. The van der Waals surface area contributed by atoms with E-state index in [9.17, 15) is 5.11 Å². The topological polar surface area (TPSA) is 45.8 Å². The molecule has 1 unspecified atom stereocenters. The molecule has 1 N–H and O–H groups in total. The smallest absolute Gasteiger partial charge is 0.119 e. The number of nitrogens with zero attached hydrogens (tertiary/aromatic N) is 1. The molecule has 0 saturated carbocycles. The van der Waals surface area contributed by atoms with Gasteiger partial charge in [0.15, 0.2) is 0 Å². The van der Waals surface area contributed by atoms with Crippen LogP contribution in [0.2, 0.25) is 0 Å². The number of ether oxygens (including phenoxy) is 1. The van der Waals surface area contributed by atoms with Crippen molar-refractivity contribution in [2.24, 2.45) is 0 Å². The lowest BCUT2D eigenvalue weighted by Gasteiger charge is -2.25. The largest absolute Gasteiger partial charge is 0.491 e. The van der Waals surface area contributed by atoms with Crippen molar-refractivity contribution in [1.29, 1.82) is 0 Å². The van der Waals surface area contributed by atoms with Gasteiger partial charge in [-0.3, -0.25) is 4.90 Å². The average Bonchev–Trinajstić information content (AvgIpc) is 3.21. The van der Waals surface area contributed by atoms with Crippen LogP contribution in [0.25, 0.3) is 0 Å². The molecule has 0 bridgehead atoms. The van der Waals surface area contributed by atoms with Crippen LogP contribution in [0.5, 0.6) is 5.75 Å². The van der Waals surface area contributed by atoms with Gasteiger partial charge in [0.2, 0.25) is 0 Å². The van der Waals surface area contributed by atoms with Crippen LogP contribution >= 0.6 is 0 Å². The van der Waals surface area contributed by atoms with Gasteiger partial charge in [-0.15, -0.1) is 0 Å². The molecule has 3 aromatic rings. The standard InChI is InChI=1S/C27H35NO3/c1-20-8-13-25(15-21(20)2)31-19-24(29)17-28(18-26-7-6-14-30-26)16-22-9-11-23(12-10-22)27(3,4)5/h6-15,24,29H,16-19H2,1-5H3. The first-order valence-electron chi connectivity index (χ1n) is 10.9. The minimum atomic E-state index is -0.606. The van der Waals surface area contributed by atoms with Gasteiger partial charge < -0.3 is 14.3 Å². The van der Waals surface area contributed by atoms with Crippen LogP contribution in [-0.4, -0.2) is 29.3 Å². The normalized spacial score (nSPS) is 12.9. The van der Waals surface area contributed by atoms with Gasteiger partial charge in [0.05, 0.1) is 12.8 Å². The molecule has 2 aromatic carbocycles. The first-order valence-corrected chi connectivity index (χ1v) is 10.9. The van der Waals surface area contributed by atoms with E-state index in [-0.39, 0.29) is 12.0 Å². The monoisotopic (exact) mass is 421 g/mol. The molecule has 4 nitrogen and oxygen atoms in total. The van der Waals surface area contributed by atoms with Crippen LogP contribution in [0.3, 0.4) is 0 Å². The minimum Gasteiger partial charge on any atom is -0.491 e. The van der Waals surface area contributed by atoms with E-state index >= 15 is 0 Å². The zero-order chi connectivity index (χ0) is 22.4. The number of rotatable bonds is 9. The van der Waals surface area contributed by atoms with Crippen LogP contribution in [-0.2, 0) is 18.5 Å². The predicted octanol–water partition coefficient (Wildman–Crippen LogP) is 5.64. The molecule has 3 rings (SSSR count). The zero-order valence-electron chi connectivity index (χ0n) is 19.4. The molecule has 0 saturated heterocycles. The highest BCUT2D eigenvalue weighted by Gasteiger charge is 2.17. The van der Waals surface area contributed by atoms with Gasteiger partial charge in [0.25, 0.3) is 0 Å². The second-order valence-electron chi connectivity index (χ2n) is 9.41. The van der Waals surface area contributed by atoms with Gasteiger partial charge in [-0.2, -0.15) is 0 Å². The first kappa shape index (κ1) is 23.1. The lowest BCUT2D eigenvalue weighted by atomic mass is 9.87. The maximum atomic E-state index is 10.7. The Kier molecular flexibility index (Phi) is 7.58.